The average molecular weight is 538 g/mol. The maximum absolute atomic E-state index is 12.6. The van der Waals surface area contributed by atoms with Crippen molar-refractivity contribution in [3.63, 3.8) is 0 Å². The van der Waals surface area contributed by atoms with Gasteiger partial charge in [-0.1, -0.05) is 0 Å². The van der Waals surface area contributed by atoms with Crippen molar-refractivity contribution >= 4 is 40.0 Å². The number of nitrogens with one attached hydrogen (secondary N) is 2. The first-order chi connectivity index (χ1) is 12.6. The maximum Gasteiger partial charge on any atom is 0.511 e. The van der Waals surface area contributed by atoms with Crippen LogP contribution in [0.1, 0.15) is 25.3 Å². The second kappa shape index (κ2) is 10.6. The Hall–Kier alpha value is -1.09. The summed E-state index contributed by atoms with van der Waals surface area (Å²) in [5.74, 6) is 0.568. The van der Waals surface area contributed by atoms with E-state index in [0.717, 1.165) is 5.56 Å². The van der Waals surface area contributed by atoms with Crippen LogP contribution in [0.5, 0.6) is 0 Å². The van der Waals surface area contributed by atoms with E-state index in [0.29, 0.717) is 29.8 Å². The summed E-state index contributed by atoms with van der Waals surface area (Å²) in [7, 11) is -3.42. The molecule has 0 saturated carbocycles. The Morgan fingerprint density at radius 2 is 2.00 bits per heavy atom. The van der Waals surface area contributed by atoms with Gasteiger partial charge in [-0.15, -0.1) is 24.0 Å². The molecule has 162 valence electrons. The zero-order valence-corrected chi connectivity index (χ0v) is 18.9. The van der Waals surface area contributed by atoms with Crippen LogP contribution in [0, 0.1) is 0 Å². The van der Waals surface area contributed by atoms with Gasteiger partial charge in [-0.05, 0) is 31.7 Å². The van der Waals surface area contributed by atoms with Gasteiger partial charge in [0.2, 0.25) is 0 Å². The lowest BCUT2D eigenvalue weighted by atomic mass is 10.1. The lowest BCUT2D eigenvalue weighted by molar-refractivity contribution is -0.0494. The second-order valence-corrected chi connectivity index (χ2v) is 8.23. The number of halogens is 4. The third kappa shape index (κ3) is 6.76. The van der Waals surface area contributed by atoms with Crippen molar-refractivity contribution in [2.24, 2.45) is 12.0 Å². The lowest BCUT2D eigenvalue weighted by Crippen LogP contribution is -2.51. The van der Waals surface area contributed by atoms with Gasteiger partial charge in [-0.3, -0.25) is 9.67 Å². The predicted molar refractivity (Wildman–Crippen MR) is 111 cm³/mol. The van der Waals surface area contributed by atoms with Crippen LogP contribution in [-0.2, 0) is 23.5 Å². The van der Waals surface area contributed by atoms with Crippen LogP contribution < -0.4 is 10.6 Å². The van der Waals surface area contributed by atoms with E-state index in [1.165, 1.54) is 0 Å². The van der Waals surface area contributed by atoms with Crippen LogP contribution in [0.15, 0.2) is 17.4 Å². The van der Waals surface area contributed by atoms with Crippen LogP contribution in [0.25, 0.3) is 0 Å². The fourth-order valence-corrected chi connectivity index (χ4v) is 3.78. The Balaban J connectivity index is 0.00000392. The normalized spacial score (nSPS) is 17.2. The summed E-state index contributed by atoms with van der Waals surface area (Å²) in [5, 5.41) is 10.4. The van der Waals surface area contributed by atoms with E-state index in [9.17, 15) is 21.6 Å². The molecule has 0 radical (unpaired) electrons. The molecule has 1 fully saturated rings. The summed E-state index contributed by atoms with van der Waals surface area (Å²) in [6, 6.07) is -0.138. The summed E-state index contributed by atoms with van der Waals surface area (Å²) in [4.78, 5) is 4.46. The van der Waals surface area contributed by atoms with Crippen LogP contribution in [0.4, 0.5) is 13.2 Å². The summed E-state index contributed by atoms with van der Waals surface area (Å²) in [6.07, 6.45) is 4.96. The SMILES string of the molecule is CCNC(=NCCc1cnn(C)c1)NC1CCN(S(=O)(=O)C(F)(F)F)CC1.I. The number of piperidine rings is 1. The summed E-state index contributed by atoms with van der Waals surface area (Å²) >= 11 is 0. The number of nitrogens with zero attached hydrogens (tertiary/aromatic N) is 4. The zero-order chi connectivity index (χ0) is 20.1. The van der Waals surface area contributed by atoms with Gasteiger partial charge in [0.25, 0.3) is 0 Å². The van der Waals surface area contributed by atoms with E-state index in [4.69, 9.17) is 0 Å². The molecule has 1 aliphatic heterocycles. The van der Waals surface area contributed by atoms with E-state index in [2.05, 4.69) is 20.7 Å². The number of hydrogen-bond donors (Lipinski definition) is 2. The molecule has 0 aliphatic carbocycles. The van der Waals surface area contributed by atoms with Gasteiger partial charge < -0.3 is 10.6 Å². The van der Waals surface area contributed by atoms with Crippen LogP contribution >= 0.6 is 24.0 Å². The Kier molecular flexibility index (Phi) is 9.46. The fourth-order valence-electron chi connectivity index (χ4n) is 2.80. The molecule has 0 unspecified atom stereocenters. The third-order valence-corrected chi connectivity index (χ3v) is 5.83. The smallest absolute Gasteiger partial charge is 0.357 e. The molecule has 0 aromatic carbocycles. The number of hydrogen-bond acceptors (Lipinski definition) is 4. The molecular formula is C15H26F3IN6O2S. The quantitative estimate of drug-likeness (QED) is 0.325. The second-order valence-electron chi connectivity index (χ2n) is 6.30. The van der Waals surface area contributed by atoms with Gasteiger partial charge in [0, 0.05) is 45.5 Å². The molecule has 8 nitrogen and oxygen atoms in total. The van der Waals surface area contributed by atoms with Crippen molar-refractivity contribution < 1.29 is 21.6 Å². The Bertz CT molecular complexity index is 745. The highest BCUT2D eigenvalue weighted by Crippen LogP contribution is 2.28. The highest BCUT2D eigenvalue weighted by atomic mass is 127. The minimum atomic E-state index is -5.25. The number of aliphatic imine (C=N–C) groups is 1. The van der Waals surface area contributed by atoms with Crippen molar-refractivity contribution in [1.29, 1.82) is 0 Å². The minimum Gasteiger partial charge on any atom is -0.357 e. The van der Waals surface area contributed by atoms with Crippen molar-refractivity contribution in [3.8, 4) is 0 Å². The monoisotopic (exact) mass is 538 g/mol. The van der Waals surface area contributed by atoms with Gasteiger partial charge >= 0.3 is 15.5 Å². The summed E-state index contributed by atoms with van der Waals surface area (Å²) in [5.41, 5.74) is -4.20. The molecule has 0 atom stereocenters. The molecule has 13 heteroatoms. The first-order valence-corrected chi connectivity index (χ1v) is 10.2. The van der Waals surface area contributed by atoms with Gasteiger partial charge in [-0.2, -0.15) is 22.6 Å². The van der Waals surface area contributed by atoms with E-state index < -0.39 is 15.5 Å². The molecule has 28 heavy (non-hydrogen) atoms. The van der Waals surface area contributed by atoms with Crippen LogP contribution in [0.3, 0.4) is 0 Å². The topological polar surface area (TPSA) is 91.6 Å². The third-order valence-electron chi connectivity index (χ3n) is 4.20. The van der Waals surface area contributed by atoms with E-state index in [1.807, 2.05) is 20.2 Å². The van der Waals surface area contributed by atoms with Crippen LogP contribution in [-0.4, -0.2) is 66.2 Å². The molecule has 2 N–H and O–H groups in total. The zero-order valence-electron chi connectivity index (χ0n) is 15.7. The molecule has 0 spiro atoms. The van der Waals surface area contributed by atoms with Crippen LogP contribution in [0.2, 0.25) is 0 Å². The van der Waals surface area contributed by atoms with Gasteiger partial charge in [0.15, 0.2) is 5.96 Å². The van der Waals surface area contributed by atoms with E-state index in [-0.39, 0.29) is 55.9 Å². The van der Waals surface area contributed by atoms with Crippen molar-refractivity contribution in [3.05, 3.63) is 18.0 Å². The average Bonchev–Trinajstić information content (AvgIpc) is 3.00. The number of aryl methyl sites for hydroxylation is 1. The molecular weight excluding hydrogens is 512 g/mol. The van der Waals surface area contributed by atoms with E-state index in [1.54, 1.807) is 10.9 Å². The fraction of sp³-hybridized carbons (Fsp3) is 0.733. The number of rotatable bonds is 6. The highest BCUT2D eigenvalue weighted by Gasteiger charge is 2.50. The van der Waals surface area contributed by atoms with Gasteiger partial charge in [-0.25, -0.2) is 8.42 Å². The molecule has 1 aliphatic rings. The van der Waals surface area contributed by atoms with Gasteiger partial charge in [0.05, 0.1) is 6.20 Å². The summed E-state index contributed by atoms with van der Waals surface area (Å²) < 4.78 is 63.0. The number of aromatic nitrogens is 2. The lowest BCUT2D eigenvalue weighted by Gasteiger charge is -2.32. The number of sulfonamides is 1. The minimum absolute atomic E-state index is 0. The summed E-state index contributed by atoms with van der Waals surface area (Å²) in [6.45, 7) is 2.74. The molecule has 0 amide bonds. The maximum atomic E-state index is 12.6. The van der Waals surface area contributed by atoms with Crippen molar-refractivity contribution in [2.45, 2.75) is 37.7 Å². The van der Waals surface area contributed by atoms with E-state index >= 15 is 0 Å². The molecule has 1 aromatic heterocycles. The molecule has 2 heterocycles. The standard InChI is InChI=1S/C15H25F3N6O2S.HI/c1-3-19-14(20-7-4-12-10-21-23(2)11-12)22-13-5-8-24(9-6-13)27(25,26)15(16,17)18;/h10-11,13H,3-9H2,1-2H3,(H2,19,20,22);1H. The molecule has 0 bridgehead atoms. The van der Waals surface area contributed by atoms with Crippen molar-refractivity contribution in [1.82, 2.24) is 24.7 Å². The molecule has 2 rings (SSSR count). The molecule has 1 saturated heterocycles. The Morgan fingerprint density at radius 1 is 1.36 bits per heavy atom. The Labute approximate surface area is 180 Å². The Morgan fingerprint density at radius 3 is 2.50 bits per heavy atom. The van der Waals surface area contributed by atoms with Gasteiger partial charge in [0.1, 0.15) is 0 Å². The largest absolute Gasteiger partial charge is 0.511 e. The predicted octanol–water partition coefficient (Wildman–Crippen LogP) is 1.45. The highest BCUT2D eigenvalue weighted by molar-refractivity contribution is 14.0. The first kappa shape index (κ1) is 24.9. The first-order valence-electron chi connectivity index (χ1n) is 8.72. The molecule has 1 aromatic rings. The number of guanidine groups is 1. The number of alkyl halides is 3. The van der Waals surface area contributed by atoms with Crippen molar-refractivity contribution in [2.75, 3.05) is 26.2 Å².